The first-order valence-corrected chi connectivity index (χ1v) is 3.09. The van der Waals surface area contributed by atoms with Gasteiger partial charge in [0.2, 0.25) is 0 Å². The molecule has 0 amide bonds. The van der Waals surface area contributed by atoms with E-state index in [9.17, 15) is 13.2 Å². The zero-order chi connectivity index (χ0) is 9.78. The minimum Gasteiger partial charge on any atom is -0.384 e. The van der Waals surface area contributed by atoms with Gasteiger partial charge in [0, 0.05) is 0 Å². The first-order chi connectivity index (χ1) is 5.41. The molecule has 0 atom stereocenters. The van der Waals surface area contributed by atoms with E-state index in [1.165, 1.54) is 6.92 Å². The van der Waals surface area contributed by atoms with Gasteiger partial charge in [-0.25, -0.2) is 4.99 Å². The van der Waals surface area contributed by atoms with Crippen LogP contribution in [0.25, 0.3) is 0 Å². The number of hydrogen-bond acceptors (Lipinski definition) is 2. The third-order valence-corrected chi connectivity index (χ3v) is 1.12. The second-order valence-electron chi connectivity index (χ2n) is 1.97. The van der Waals surface area contributed by atoms with Crippen LogP contribution in [-0.4, -0.2) is 12.9 Å². The quantitative estimate of drug-likeness (QED) is 0.509. The maximum atomic E-state index is 12.0. The molecule has 0 bridgehead atoms. The van der Waals surface area contributed by atoms with E-state index in [4.69, 9.17) is 5.73 Å². The highest BCUT2D eigenvalue weighted by molar-refractivity contribution is 5.32. The van der Waals surface area contributed by atoms with Crippen LogP contribution in [0.4, 0.5) is 13.2 Å². The first-order valence-electron chi connectivity index (χ1n) is 3.09. The molecule has 0 aliphatic rings. The number of nitrogens with two attached hydrogens (primary N) is 1. The Morgan fingerprint density at radius 2 is 2.00 bits per heavy atom. The zero-order valence-corrected chi connectivity index (χ0v) is 6.52. The minimum absolute atomic E-state index is 0.250. The van der Waals surface area contributed by atoms with Gasteiger partial charge in [-0.05, 0) is 19.7 Å². The summed E-state index contributed by atoms with van der Waals surface area (Å²) >= 11 is 0. The molecule has 0 saturated heterocycles. The molecule has 0 aromatic heterocycles. The zero-order valence-electron chi connectivity index (χ0n) is 6.52. The average molecular weight is 178 g/mol. The summed E-state index contributed by atoms with van der Waals surface area (Å²) < 4.78 is 36.0. The number of halogens is 3. The minimum atomic E-state index is -4.38. The van der Waals surface area contributed by atoms with Crippen molar-refractivity contribution in [3.05, 3.63) is 23.5 Å². The van der Waals surface area contributed by atoms with Crippen LogP contribution >= 0.6 is 0 Å². The van der Waals surface area contributed by atoms with E-state index in [0.717, 1.165) is 12.2 Å². The van der Waals surface area contributed by atoms with Crippen LogP contribution < -0.4 is 5.73 Å². The van der Waals surface area contributed by atoms with Gasteiger partial charge in [-0.1, -0.05) is 6.08 Å². The van der Waals surface area contributed by atoms with Crippen LogP contribution in [-0.2, 0) is 0 Å². The van der Waals surface area contributed by atoms with Gasteiger partial charge in [0.05, 0.1) is 5.57 Å². The van der Waals surface area contributed by atoms with Crippen molar-refractivity contribution in [1.29, 1.82) is 0 Å². The molecular formula is C7H9F3N2. The fraction of sp³-hybridized carbons (Fsp3) is 0.286. The van der Waals surface area contributed by atoms with Crippen molar-refractivity contribution in [3.63, 3.8) is 0 Å². The molecule has 68 valence electrons. The SMILES string of the molecule is C=N/C(N)=C\C(=C/C)C(F)(F)F. The number of allylic oxidation sites excluding steroid dienone is 3. The lowest BCUT2D eigenvalue weighted by Crippen LogP contribution is -2.11. The van der Waals surface area contributed by atoms with Crippen molar-refractivity contribution < 1.29 is 13.2 Å². The summed E-state index contributed by atoms with van der Waals surface area (Å²) in [6.07, 6.45) is -2.74. The molecule has 0 aliphatic carbocycles. The van der Waals surface area contributed by atoms with E-state index in [1.54, 1.807) is 0 Å². The number of alkyl halides is 3. The Hall–Kier alpha value is -1.26. The Balaban J connectivity index is 4.74. The molecule has 0 spiro atoms. The number of rotatable bonds is 2. The maximum absolute atomic E-state index is 12.0. The molecule has 0 radical (unpaired) electrons. The molecule has 0 heterocycles. The molecular weight excluding hydrogens is 169 g/mol. The highest BCUT2D eigenvalue weighted by Crippen LogP contribution is 2.26. The van der Waals surface area contributed by atoms with Crippen LogP contribution in [0.5, 0.6) is 0 Å². The lowest BCUT2D eigenvalue weighted by atomic mass is 10.2. The number of aliphatic imine (C=N–C) groups is 1. The Bertz CT molecular complexity index is 225. The molecule has 0 aromatic rings. The van der Waals surface area contributed by atoms with Crippen molar-refractivity contribution in [2.24, 2.45) is 10.7 Å². The van der Waals surface area contributed by atoms with Gasteiger partial charge in [0.25, 0.3) is 0 Å². The van der Waals surface area contributed by atoms with Crippen LogP contribution in [0.3, 0.4) is 0 Å². The van der Waals surface area contributed by atoms with E-state index >= 15 is 0 Å². The molecule has 2 nitrogen and oxygen atoms in total. The first kappa shape index (κ1) is 10.7. The normalized spacial score (nSPS) is 14.7. The summed E-state index contributed by atoms with van der Waals surface area (Å²) in [5.41, 5.74) is 4.21. The fourth-order valence-corrected chi connectivity index (χ4v) is 0.534. The largest absolute Gasteiger partial charge is 0.416 e. The van der Waals surface area contributed by atoms with Crippen molar-refractivity contribution in [3.8, 4) is 0 Å². The lowest BCUT2D eigenvalue weighted by Gasteiger charge is -2.06. The molecule has 0 rings (SSSR count). The molecule has 5 heteroatoms. The number of hydrogen-bond donors (Lipinski definition) is 1. The van der Waals surface area contributed by atoms with E-state index in [-0.39, 0.29) is 5.82 Å². The summed E-state index contributed by atoms with van der Waals surface area (Å²) in [6.45, 7) is 4.27. The molecule has 0 unspecified atom stereocenters. The van der Waals surface area contributed by atoms with E-state index < -0.39 is 11.7 Å². The Labute approximate surface area is 68.3 Å². The Kier molecular flexibility index (Phi) is 3.53. The Morgan fingerprint density at radius 3 is 2.25 bits per heavy atom. The summed E-state index contributed by atoms with van der Waals surface area (Å²) in [4.78, 5) is 3.14. The molecule has 2 N–H and O–H groups in total. The fourth-order valence-electron chi connectivity index (χ4n) is 0.534. The summed E-state index contributed by atoms with van der Waals surface area (Å²) in [6, 6.07) is 0. The molecule has 0 aromatic carbocycles. The lowest BCUT2D eigenvalue weighted by molar-refractivity contribution is -0.0883. The van der Waals surface area contributed by atoms with Crippen LogP contribution in [0.1, 0.15) is 6.92 Å². The van der Waals surface area contributed by atoms with E-state index in [0.29, 0.717) is 0 Å². The summed E-state index contributed by atoms with van der Waals surface area (Å²) in [7, 11) is 0. The summed E-state index contributed by atoms with van der Waals surface area (Å²) in [5.74, 6) is -0.250. The topological polar surface area (TPSA) is 38.4 Å². The van der Waals surface area contributed by atoms with Gasteiger partial charge < -0.3 is 5.73 Å². The predicted octanol–water partition coefficient (Wildman–Crippen LogP) is 2.00. The van der Waals surface area contributed by atoms with Crippen molar-refractivity contribution >= 4 is 6.72 Å². The summed E-state index contributed by atoms with van der Waals surface area (Å²) in [5, 5.41) is 0. The van der Waals surface area contributed by atoms with Crippen molar-refractivity contribution in [2.45, 2.75) is 13.1 Å². The molecule has 0 fully saturated rings. The smallest absolute Gasteiger partial charge is 0.384 e. The Morgan fingerprint density at radius 1 is 1.50 bits per heavy atom. The van der Waals surface area contributed by atoms with Gasteiger partial charge in [-0.3, -0.25) is 0 Å². The van der Waals surface area contributed by atoms with Crippen LogP contribution in [0, 0.1) is 0 Å². The van der Waals surface area contributed by atoms with E-state index in [1.807, 2.05) is 0 Å². The highest BCUT2D eigenvalue weighted by Gasteiger charge is 2.31. The molecule has 0 aliphatic heterocycles. The molecule has 12 heavy (non-hydrogen) atoms. The number of nitrogens with zero attached hydrogens (tertiary/aromatic N) is 1. The standard InChI is InChI=1S/C7H9F3N2/c1-3-5(7(8,9)10)4-6(11)12-2/h3-4H,2,11H2,1H3/b5-3+,6-4-. The van der Waals surface area contributed by atoms with Gasteiger partial charge in [0.1, 0.15) is 5.82 Å². The molecule has 0 saturated carbocycles. The second kappa shape index (κ2) is 3.94. The van der Waals surface area contributed by atoms with Crippen LogP contribution in [0.2, 0.25) is 0 Å². The van der Waals surface area contributed by atoms with Gasteiger partial charge >= 0.3 is 6.18 Å². The van der Waals surface area contributed by atoms with Crippen molar-refractivity contribution in [2.75, 3.05) is 0 Å². The van der Waals surface area contributed by atoms with Crippen molar-refractivity contribution in [1.82, 2.24) is 0 Å². The monoisotopic (exact) mass is 178 g/mol. The maximum Gasteiger partial charge on any atom is 0.416 e. The third-order valence-electron chi connectivity index (χ3n) is 1.12. The van der Waals surface area contributed by atoms with Gasteiger partial charge in [0.15, 0.2) is 0 Å². The predicted molar refractivity (Wildman–Crippen MR) is 41.6 cm³/mol. The third kappa shape index (κ3) is 3.23. The van der Waals surface area contributed by atoms with Gasteiger partial charge in [-0.15, -0.1) is 0 Å². The second-order valence-corrected chi connectivity index (χ2v) is 1.97. The van der Waals surface area contributed by atoms with Gasteiger partial charge in [-0.2, -0.15) is 13.2 Å². The average Bonchev–Trinajstić information content (AvgIpc) is 1.97. The van der Waals surface area contributed by atoms with Crippen LogP contribution in [0.15, 0.2) is 28.5 Å². The highest BCUT2D eigenvalue weighted by atomic mass is 19.4. The van der Waals surface area contributed by atoms with E-state index in [2.05, 4.69) is 11.7 Å².